The summed E-state index contributed by atoms with van der Waals surface area (Å²) in [5, 5.41) is 13.0. The highest BCUT2D eigenvalue weighted by molar-refractivity contribution is 9.10. The molecule has 144 valence electrons. The quantitative estimate of drug-likeness (QED) is 0.245. The maximum absolute atomic E-state index is 11.9. The molecule has 1 N–H and O–H groups in total. The van der Waals surface area contributed by atoms with Gasteiger partial charge >= 0.3 is 0 Å². The molecule has 0 aliphatic heterocycles. The van der Waals surface area contributed by atoms with Crippen molar-refractivity contribution in [2.45, 2.75) is 14.4 Å². The van der Waals surface area contributed by atoms with Crippen molar-refractivity contribution in [1.29, 1.82) is 0 Å². The molecule has 0 aliphatic rings. The number of thioether (sulfide) groups is 2. The maximum Gasteiger partial charge on any atom is 0.250 e. The number of benzene rings is 2. The number of rotatable bonds is 8. The van der Waals surface area contributed by atoms with Gasteiger partial charge < -0.3 is 0 Å². The molecule has 0 spiro atoms. The molecule has 0 atom stereocenters. The van der Waals surface area contributed by atoms with Crippen molar-refractivity contribution in [2.75, 3.05) is 5.75 Å². The lowest BCUT2D eigenvalue weighted by molar-refractivity contribution is -0.118. The number of hydrogen-bond acceptors (Lipinski definition) is 7. The Labute approximate surface area is 188 Å². The number of aromatic nitrogens is 2. The van der Waals surface area contributed by atoms with E-state index in [0.29, 0.717) is 0 Å². The van der Waals surface area contributed by atoms with Crippen molar-refractivity contribution >= 4 is 74.5 Å². The number of halogens is 2. The maximum atomic E-state index is 11.9. The molecule has 10 heteroatoms. The minimum Gasteiger partial charge on any atom is -0.272 e. The predicted octanol–water partition coefficient (Wildman–Crippen LogP) is 5.49. The van der Waals surface area contributed by atoms with Gasteiger partial charge in [0.1, 0.15) is 0 Å². The van der Waals surface area contributed by atoms with E-state index in [9.17, 15) is 4.79 Å². The van der Waals surface area contributed by atoms with Gasteiger partial charge in [-0.2, -0.15) is 5.10 Å². The number of carbonyl (C=O) groups is 1. The Hall–Kier alpha value is -1.39. The summed E-state index contributed by atoms with van der Waals surface area (Å²) >= 11 is 13.9. The molecule has 0 bridgehead atoms. The fourth-order valence-electron chi connectivity index (χ4n) is 1.96. The molecular weight excluding hydrogens is 500 g/mol. The minimum atomic E-state index is -0.196. The van der Waals surface area contributed by atoms with Crippen LogP contribution in [-0.2, 0) is 10.5 Å². The second-order valence-electron chi connectivity index (χ2n) is 5.35. The van der Waals surface area contributed by atoms with Gasteiger partial charge in [0.15, 0.2) is 8.68 Å². The van der Waals surface area contributed by atoms with Crippen LogP contribution >= 0.6 is 62.4 Å². The van der Waals surface area contributed by atoms with Gasteiger partial charge in [-0.1, -0.05) is 92.7 Å². The summed E-state index contributed by atoms with van der Waals surface area (Å²) in [6.45, 7) is 0. The summed E-state index contributed by atoms with van der Waals surface area (Å²) in [5.74, 6) is 0.755. The SMILES string of the molecule is O=C(CSc1nnc(SCc2ccccc2Cl)s1)N/N=C\c1ccc(Br)cc1. The van der Waals surface area contributed by atoms with Crippen LogP contribution in [0.25, 0.3) is 0 Å². The molecule has 0 aliphatic carbocycles. The Balaban J connectivity index is 1.41. The zero-order valence-electron chi connectivity index (χ0n) is 14.3. The second-order valence-corrected chi connectivity index (χ2v) is 10.1. The summed E-state index contributed by atoms with van der Waals surface area (Å²) in [7, 11) is 0. The molecule has 0 saturated heterocycles. The molecule has 28 heavy (non-hydrogen) atoms. The van der Waals surface area contributed by atoms with E-state index in [-0.39, 0.29) is 11.7 Å². The van der Waals surface area contributed by atoms with Crippen LogP contribution in [0.15, 0.2) is 66.8 Å². The monoisotopic (exact) mass is 512 g/mol. The van der Waals surface area contributed by atoms with Crippen LogP contribution in [0.4, 0.5) is 0 Å². The van der Waals surface area contributed by atoms with E-state index in [0.717, 1.165) is 35.1 Å². The topological polar surface area (TPSA) is 67.2 Å². The fourth-order valence-corrected chi connectivity index (χ4v) is 5.32. The van der Waals surface area contributed by atoms with E-state index in [1.807, 2.05) is 48.5 Å². The molecule has 3 aromatic rings. The lowest BCUT2D eigenvalue weighted by Gasteiger charge is -2.00. The lowest BCUT2D eigenvalue weighted by Crippen LogP contribution is -2.19. The molecule has 1 amide bonds. The highest BCUT2D eigenvalue weighted by Crippen LogP contribution is 2.32. The number of nitrogens with zero attached hydrogens (tertiary/aromatic N) is 3. The highest BCUT2D eigenvalue weighted by atomic mass is 79.9. The third kappa shape index (κ3) is 6.89. The third-order valence-corrected chi connectivity index (χ3v) is 7.43. The Morgan fingerprint density at radius 1 is 1.14 bits per heavy atom. The van der Waals surface area contributed by atoms with Gasteiger partial charge in [0.25, 0.3) is 5.91 Å². The first-order valence-electron chi connectivity index (χ1n) is 8.00. The van der Waals surface area contributed by atoms with Crippen molar-refractivity contribution in [1.82, 2.24) is 15.6 Å². The first kappa shape index (κ1) is 21.3. The van der Waals surface area contributed by atoms with Gasteiger partial charge in [0.2, 0.25) is 0 Å². The Kier molecular flexibility index (Phi) is 8.35. The largest absolute Gasteiger partial charge is 0.272 e. The molecule has 0 fully saturated rings. The zero-order chi connectivity index (χ0) is 19.8. The first-order valence-corrected chi connectivity index (χ1v) is 12.0. The normalized spacial score (nSPS) is 11.1. The van der Waals surface area contributed by atoms with Crippen LogP contribution in [0.2, 0.25) is 5.02 Å². The van der Waals surface area contributed by atoms with Gasteiger partial charge in [-0.3, -0.25) is 4.79 Å². The smallest absolute Gasteiger partial charge is 0.250 e. The fraction of sp³-hybridized carbons (Fsp3) is 0.111. The van der Waals surface area contributed by atoms with E-state index < -0.39 is 0 Å². The van der Waals surface area contributed by atoms with Gasteiger partial charge in [-0.05, 0) is 29.3 Å². The zero-order valence-corrected chi connectivity index (χ0v) is 19.1. The molecule has 0 saturated carbocycles. The second kappa shape index (κ2) is 11.0. The van der Waals surface area contributed by atoms with Crippen LogP contribution in [0.1, 0.15) is 11.1 Å². The Morgan fingerprint density at radius 2 is 1.86 bits per heavy atom. The number of amides is 1. The number of nitrogens with one attached hydrogen (secondary N) is 1. The number of hydrazone groups is 1. The molecule has 1 aromatic heterocycles. The van der Waals surface area contributed by atoms with Gasteiger partial charge in [-0.15, -0.1) is 10.2 Å². The van der Waals surface area contributed by atoms with E-state index >= 15 is 0 Å². The summed E-state index contributed by atoms with van der Waals surface area (Å²) in [6.07, 6.45) is 1.60. The van der Waals surface area contributed by atoms with E-state index in [4.69, 9.17) is 11.6 Å². The summed E-state index contributed by atoms with van der Waals surface area (Å²) in [5.41, 5.74) is 4.47. The summed E-state index contributed by atoms with van der Waals surface area (Å²) in [6, 6.07) is 15.4. The van der Waals surface area contributed by atoms with Crippen LogP contribution in [-0.4, -0.2) is 28.1 Å². The summed E-state index contributed by atoms with van der Waals surface area (Å²) in [4.78, 5) is 11.9. The number of hydrogen-bond donors (Lipinski definition) is 1. The average Bonchev–Trinajstić information content (AvgIpc) is 3.15. The molecular formula is C18H14BrClN4OS3. The van der Waals surface area contributed by atoms with Gasteiger partial charge in [0.05, 0.1) is 12.0 Å². The minimum absolute atomic E-state index is 0.196. The van der Waals surface area contributed by atoms with E-state index in [2.05, 4.69) is 36.7 Å². The standard InChI is InChI=1S/C18H14BrClN4OS3/c19-14-7-5-12(6-8-14)9-21-22-16(25)11-27-18-24-23-17(28-18)26-10-13-3-1-2-4-15(13)20/h1-9H,10-11H2,(H,22,25)/b21-9-. The Bertz CT molecular complexity index is 965. The first-order chi connectivity index (χ1) is 13.6. The highest BCUT2D eigenvalue weighted by Gasteiger charge is 2.09. The van der Waals surface area contributed by atoms with Crippen molar-refractivity contribution in [2.24, 2.45) is 5.10 Å². The third-order valence-electron chi connectivity index (χ3n) is 3.30. The molecule has 1 heterocycles. The average molecular weight is 514 g/mol. The van der Waals surface area contributed by atoms with Crippen molar-refractivity contribution in [3.05, 3.63) is 69.2 Å². The molecule has 0 radical (unpaired) electrons. The molecule has 5 nitrogen and oxygen atoms in total. The van der Waals surface area contributed by atoms with Crippen molar-refractivity contribution < 1.29 is 4.79 Å². The van der Waals surface area contributed by atoms with Crippen molar-refractivity contribution in [3.8, 4) is 0 Å². The lowest BCUT2D eigenvalue weighted by atomic mass is 10.2. The molecule has 3 rings (SSSR count). The van der Waals surface area contributed by atoms with E-state index in [1.165, 1.54) is 23.1 Å². The predicted molar refractivity (Wildman–Crippen MR) is 122 cm³/mol. The van der Waals surface area contributed by atoms with Crippen LogP contribution in [0.5, 0.6) is 0 Å². The Morgan fingerprint density at radius 3 is 2.61 bits per heavy atom. The van der Waals surface area contributed by atoms with Crippen LogP contribution in [0.3, 0.4) is 0 Å². The summed E-state index contributed by atoms with van der Waals surface area (Å²) < 4.78 is 2.58. The van der Waals surface area contributed by atoms with Gasteiger partial charge in [0, 0.05) is 15.2 Å². The van der Waals surface area contributed by atoms with Crippen LogP contribution in [0, 0.1) is 0 Å². The number of carbonyl (C=O) groups excluding carboxylic acids is 1. The molecule has 0 unspecified atom stereocenters. The van der Waals surface area contributed by atoms with E-state index in [1.54, 1.807) is 18.0 Å². The molecule has 2 aromatic carbocycles. The van der Waals surface area contributed by atoms with Gasteiger partial charge in [-0.25, -0.2) is 5.43 Å². The van der Waals surface area contributed by atoms with Crippen molar-refractivity contribution in [3.63, 3.8) is 0 Å². The van der Waals surface area contributed by atoms with Crippen LogP contribution < -0.4 is 5.43 Å².